The number of rotatable bonds is 16. The van der Waals surface area contributed by atoms with Gasteiger partial charge in [-0.25, -0.2) is 24.5 Å². The van der Waals surface area contributed by atoms with Gasteiger partial charge in [-0.2, -0.15) is 28.8 Å². The number of anilines is 8. The highest BCUT2D eigenvalue weighted by molar-refractivity contribution is 6.30. The highest BCUT2D eigenvalue weighted by atomic mass is 35.5. The summed E-state index contributed by atoms with van der Waals surface area (Å²) in [5.41, 5.74) is 5.92. The van der Waals surface area contributed by atoms with Crippen LogP contribution in [-0.2, 0) is 23.7 Å². The van der Waals surface area contributed by atoms with Gasteiger partial charge in [-0.1, -0.05) is 11.6 Å². The van der Waals surface area contributed by atoms with Crippen LogP contribution < -0.4 is 64.1 Å². The lowest BCUT2D eigenvalue weighted by atomic mass is 10.2. The van der Waals surface area contributed by atoms with Crippen molar-refractivity contribution in [3.05, 3.63) is 145 Å². The van der Waals surface area contributed by atoms with E-state index < -0.39 is 41.5 Å². The van der Waals surface area contributed by atoms with Crippen molar-refractivity contribution in [1.82, 2.24) is 73.4 Å². The number of ether oxygens (including phenoxy) is 5. The third-order valence-corrected chi connectivity index (χ3v) is 20.6. The van der Waals surface area contributed by atoms with Crippen LogP contribution in [0.25, 0.3) is 16.9 Å². The number of fused-ring (bicyclic) bond motifs is 3. The highest BCUT2D eigenvalue weighted by Gasteiger charge is 2.33. The standard InChI is InChI=1S/C28H37N7O6.C23H29N7O4.C18H24ClN5O4.C10H14N2O2/c1-28(2,3)41-27(39)33(4)22-15-21(31-20-8-7-12-34(26(20)38)23-9-5-6-13-40-23)32-24-19(16-29-35(22)24)25(37)30-17-10-11-18(36)14-17;1-24-19-12-18(27-17-5-4-9-29(23(17)33)20-6-2-3-10-34-20)28-21-16(13-25-30(19)21)22(32)26-14-7-8-15(31)11-14;1-18(2,3)28-17(27)23(4)14-8-13(19)22-15-12(9-20-24(14)15)16(26)21-10-5-6-11(25)7-10;11-8-4-3-6-12(10(8)13)9-5-1-2-7-14-9/h7-8,12,15-18,23,36H,5-6,9-11,13-14H2,1-4H3,(H,30,37)(H,31,32);4-5,9,12-15,20,24,31H,2-3,6-8,10-11H2,1H3,(H,26,32)(H,27,28);8-11,25H,5-7H2,1-4H3,(H,21,26);3-4,6,9H,1-2,5,7,11H2/t17?,18-,23-;14?,15-,20-;10?,11-;9-/m1111/s1. The number of pyridine rings is 3. The molecule has 628 valence electrons. The van der Waals surface area contributed by atoms with Crippen LogP contribution in [0.3, 0.4) is 0 Å². The smallest absolute Gasteiger partial charge is 0.415 e. The van der Waals surface area contributed by atoms with Crippen molar-refractivity contribution in [3.8, 4) is 0 Å². The van der Waals surface area contributed by atoms with Gasteiger partial charge < -0.3 is 76.6 Å². The Hall–Kier alpha value is -11.1. The number of hydrogen-bond donors (Lipinski definition) is 10. The number of carbonyl (C=O) groups is 5. The van der Waals surface area contributed by atoms with Crippen LogP contribution in [0.1, 0.15) is 207 Å². The normalized spacial score (nSPS) is 21.3. The molecule has 0 bridgehead atoms. The van der Waals surface area contributed by atoms with E-state index in [9.17, 15) is 53.7 Å². The molecule has 0 aromatic carbocycles. The van der Waals surface area contributed by atoms with Crippen molar-refractivity contribution < 1.29 is 63.0 Å². The molecule has 6 aliphatic rings. The third kappa shape index (κ3) is 21.2. The number of carbonyl (C=O) groups excluding carboxylic acids is 5. The molecule has 0 spiro atoms. The zero-order chi connectivity index (χ0) is 83.6. The number of hydrogen-bond acceptors (Lipinski definition) is 26. The predicted octanol–water partition coefficient (Wildman–Crippen LogP) is 8.89. The Morgan fingerprint density at radius 2 is 0.872 bits per heavy atom. The second kappa shape index (κ2) is 37.5. The van der Waals surface area contributed by atoms with Crippen molar-refractivity contribution in [2.24, 2.45) is 0 Å². The zero-order valence-corrected chi connectivity index (χ0v) is 67.8. The molecular formula is C79H104ClN21O16. The second-order valence-corrected chi connectivity index (χ2v) is 32.1. The van der Waals surface area contributed by atoms with E-state index in [4.69, 9.17) is 41.0 Å². The molecule has 37 nitrogen and oxygen atoms in total. The summed E-state index contributed by atoms with van der Waals surface area (Å²) in [6.45, 7) is 12.6. The van der Waals surface area contributed by atoms with Crippen molar-refractivity contribution in [3.63, 3.8) is 0 Å². The molecule has 5 amide bonds. The molecule has 15 rings (SSSR count). The summed E-state index contributed by atoms with van der Waals surface area (Å²) in [6, 6.07) is 14.7. The molecule has 3 aliphatic carbocycles. The van der Waals surface area contributed by atoms with Crippen LogP contribution in [0.15, 0.2) is 106 Å². The first-order valence-corrected chi connectivity index (χ1v) is 39.9. The van der Waals surface area contributed by atoms with Crippen molar-refractivity contribution >= 4 is 105 Å². The summed E-state index contributed by atoms with van der Waals surface area (Å²) in [4.78, 5) is 118. The van der Waals surface area contributed by atoms with Crippen LogP contribution in [0, 0.1) is 0 Å². The summed E-state index contributed by atoms with van der Waals surface area (Å²) in [5, 5.41) is 60.3. The molecule has 6 fully saturated rings. The molecule has 9 aromatic rings. The van der Waals surface area contributed by atoms with Crippen LogP contribution in [0.4, 0.5) is 55.7 Å². The van der Waals surface area contributed by atoms with Crippen LogP contribution in [-0.4, -0.2) is 191 Å². The Morgan fingerprint density at radius 1 is 0.504 bits per heavy atom. The maximum Gasteiger partial charge on any atom is 0.415 e. The van der Waals surface area contributed by atoms with E-state index in [1.807, 2.05) is 0 Å². The molecule has 3 saturated heterocycles. The summed E-state index contributed by atoms with van der Waals surface area (Å²) >= 11 is 6.13. The van der Waals surface area contributed by atoms with E-state index in [0.29, 0.717) is 98.9 Å². The Labute approximate surface area is 678 Å². The number of halogens is 1. The fourth-order valence-corrected chi connectivity index (χ4v) is 14.7. The van der Waals surface area contributed by atoms with E-state index in [0.717, 1.165) is 70.8 Å². The fourth-order valence-electron chi connectivity index (χ4n) is 14.5. The molecule has 3 unspecified atom stereocenters. The van der Waals surface area contributed by atoms with E-state index in [2.05, 4.69) is 62.1 Å². The van der Waals surface area contributed by atoms with Crippen molar-refractivity contribution in [2.75, 3.05) is 72.4 Å². The number of nitrogens with two attached hydrogens (primary N) is 1. The van der Waals surface area contributed by atoms with Crippen molar-refractivity contribution in [1.29, 1.82) is 0 Å². The Kier molecular flexibility index (Phi) is 27.3. The van der Waals surface area contributed by atoms with Crippen molar-refractivity contribution in [2.45, 2.75) is 223 Å². The SMILES string of the molecule is CN(C(=O)OC(C)(C)C)c1cc(Cl)nc2c(C(=O)NC3CC[C@@H](O)C3)cnn12.CN(C(=O)OC(C)(C)C)c1cc(Nc2cccn([C@H]3CCCCO3)c2=O)nc2c(C(=O)NC3CC[C@@H](O)C3)cnn12.CNc1cc(Nc2cccn([C@H]3CCCCO3)c2=O)nc2c(C(=O)NC3CC[C@@H](O)C3)cnn12.Nc1cccn([C@H]2CCCCO2)c1=O. The molecule has 0 radical (unpaired) electrons. The topological polar surface area (TPSA) is 453 Å². The van der Waals surface area contributed by atoms with E-state index in [1.165, 1.54) is 57.6 Å². The first-order valence-electron chi connectivity index (χ1n) is 39.5. The van der Waals surface area contributed by atoms with Gasteiger partial charge in [0.25, 0.3) is 34.4 Å². The van der Waals surface area contributed by atoms with Crippen LogP contribution in [0.5, 0.6) is 0 Å². The molecule has 38 heteroatoms. The molecule has 11 N–H and O–H groups in total. The first-order chi connectivity index (χ1) is 55.9. The van der Waals surface area contributed by atoms with Crippen LogP contribution >= 0.6 is 11.6 Å². The summed E-state index contributed by atoms with van der Waals surface area (Å²) < 4.78 is 37.0. The lowest BCUT2D eigenvalue weighted by molar-refractivity contribution is -0.0340. The van der Waals surface area contributed by atoms with Gasteiger partial charge in [0.15, 0.2) is 16.9 Å². The quantitative estimate of drug-likeness (QED) is 0.0403. The molecule has 117 heavy (non-hydrogen) atoms. The molecule has 9 aromatic heterocycles. The summed E-state index contributed by atoms with van der Waals surface area (Å²) in [5.74, 6) is 0.789. The average molecular weight is 1640 g/mol. The summed E-state index contributed by atoms with van der Waals surface area (Å²) in [6.07, 6.45) is 20.4. The highest BCUT2D eigenvalue weighted by Crippen LogP contribution is 2.32. The van der Waals surface area contributed by atoms with Gasteiger partial charge in [0.2, 0.25) is 0 Å². The van der Waals surface area contributed by atoms with Gasteiger partial charge in [0.1, 0.15) is 92.2 Å². The van der Waals surface area contributed by atoms with E-state index in [1.54, 1.807) is 134 Å². The van der Waals surface area contributed by atoms with Gasteiger partial charge in [-0.05, 0) is 194 Å². The predicted molar refractivity (Wildman–Crippen MR) is 436 cm³/mol. The number of nitrogens with zero attached hydrogens (tertiary/aromatic N) is 14. The molecule has 3 saturated carbocycles. The minimum absolute atomic E-state index is 0.0766. The Morgan fingerprint density at radius 3 is 1.25 bits per heavy atom. The maximum absolute atomic E-state index is 13.4. The van der Waals surface area contributed by atoms with Crippen LogP contribution in [0.2, 0.25) is 5.15 Å². The monoisotopic (exact) mass is 1640 g/mol. The van der Waals surface area contributed by atoms with Gasteiger partial charge in [-0.15, -0.1) is 0 Å². The molecule has 3 aliphatic heterocycles. The maximum atomic E-state index is 13.4. The van der Waals surface area contributed by atoms with Gasteiger partial charge >= 0.3 is 12.2 Å². The minimum atomic E-state index is -0.740. The second-order valence-electron chi connectivity index (χ2n) is 31.7. The number of aromatic nitrogens is 12. The molecule has 12 heterocycles. The number of nitrogen functional groups attached to an aromatic ring is 1. The van der Waals surface area contributed by atoms with E-state index in [-0.39, 0.29) is 122 Å². The van der Waals surface area contributed by atoms with Gasteiger partial charge in [-0.3, -0.25) is 52.3 Å². The lowest BCUT2D eigenvalue weighted by Gasteiger charge is -2.25. The van der Waals surface area contributed by atoms with Gasteiger partial charge in [0.05, 0.1) is 42.6 Å². The largest absolute Gasteiger partial charge is 0.443 e. The zero-order valence-electron chi connectivity index (χ0n) is 67.1. The Balaban J connectivity index is 0.000000151. The Bertz CT molecular complexity index is 5220. The first kappa shape index (κ1) is 85.3. The molecular weight excluding hydrogens is 1530 g/mol. The lowest BCUT2D eigenvalue weighted by Crippen LogP contribution is -2.35. The number of amides is 5. The summed E-state index contributed by atoms with van der Waals surface area (Å²) in [7, 11) is 4.81. The minimum Gasteiger partial charge on any atom is -0.443 e. The fraction of sp³-hybridized carbons (Fsp3) is 0.519. The number of nitrogens with one attached hydrogen (secondary N) is 6. The van der Waals surface area contributed by atoms with Gasteiger partial charge in [0, 0.05) is 95.9 Å². The number of aliphatic hydroxyl groups is 3. The third-order valence-electron chi connectivity index (χ3n) is 20.5. The average Bonchev–Trinajstić information content (AvgIpc) is 1.66. The number of aliphatic hydroxyl groups excluding tert-OH is 3. The molecule has 9 atom stereocenters. The van der Waals surface area contributed by atoms with E-state index >= 15 is 0 Å².